The van der Waals surface area contributed by atoms with Gasteiger partial charge in [0.25, 0.3) is 0 Å². The number of nitrogens with zero attached hydrogens (tertiary/aromatic N) is 2. The van der Waals surface area contributed by atoms with E-state index in [2.05, 4.69) is 169 Å². The summed E-state index contributed by atoms with van der Waals surface area (Å²) in [5, 5.41) is 2.45. The Morgan fingerprint density at radius 1 is 0.447 bits per heavy atom. The first-order chi connectivity index (χ1) is 18.7. The van der Waals surface area contributed by atoms with E-state index in [1.807, 2.05) is 0 Å². The lowest BCUT2D eigenvalue weighted by atomic mass is 10.0. The van der Waals surface area contributed by atoms with Crippen LogP contribution < -0.4 is 9.80 Å². The summed E-state index contributed by atoms with van der Waals surface area (Å²) in [6.07, 6.45) is 0. The SMILES string of the molecule is Cc1cccc(N(C)c2ccc(N(c3ccc(-c4ccccc4)cc3)c3cccc4ccccc34)cc2)c1. The van der Waals surface area contributed by atoms with Gasteiger partial charge in [0.1, 0.15) is 0 Å². The first kappa shape index (κ1) is 23.6. The number of anilines is 5. The molecule has 0 atom stereocenters. The zero-order valence-corrected chi connectivity index (χ0v) is 21.8. The molecular formula is C36H30N2. The predicted octanol–water partition coefficient (Wildman–Crippen LogP) is 10.1. The summed E-state index contributed by atoms with van der Waals surface area (Å²) in [7, 11) is 2.12. The average molecular weight is 491 g/mol. The van der Waals surface area contributed by atoms with E-state index in [1.165, 1.54) is 33.2 Å². The molecule has 0 fully saturated rings. The van der Waals surface area contributed by atoms with Crippen LogP contribution in [0.4, 0.5) is 28.4 Å². The maximum atomic E-state index is 2.35. The maximum absolute atomic E-state index is 2.35. The Balaban J connectivity index is 1.43. The van der Waals surface area contributed by atoms with Crippen LogP contribution in [-0.4, -0.2) is 7.05 Å². The molecule has 6 aromatic rings. The van der Waals surface area contributed by atoms with Crippen molar-refractivity contribution in [2.45, 2.75) is 6.92 Å². The first-order valence-corrected chi connectivity index (χ1v) is 13.0. The highest BCUT2D eigenvalue weighted by Crippen LogP contribution is 2.40. The van der Waals surface area contributed by atoms with Gasteiger partial charge in [0.2, 0.25) is 0 Å². The molecular weight excluding hydrogens is 460 g/mol. The first-order valence-electron chi connectivity index (χ1n) is 13.0. The largest absolute Gasteiger partial charge is 0.345 e. The summed E-state index contributed by atoms with van der Waals surface area (Å²) in [4.78, 5) is 4.58. The molecule has 0 saturated heterocycles. The molecule has 6 rings (SSSR count). The summed E-state index contributed by atoms with van der Waals surface area (Å²) < 4.78 is 0. The van der Waals surface area contributed by atoms with Gasteiger partial charge < -0.3 is 9.80 Å². The molecule has 38 heavy (non-hydrogen) atoms. The third-order valence-electron chi connectivity index (χ3n) is 7.12. The molecule has 2 heteroatoms. The van der Waals surface area contributed by atoms with E-state index in [1.54, 1.807) is 0 Å². The highest BCUT2D eigenvalue weighted by atomic mass is 15.1. The minimum Gasteiger partial charge on any atom is -0.345 e. The monoisotopic (exact) mass is 490 g/mol. The van der Waals surface area contributed by atoms with Crippen LogP contribution in [0.2, 0.25) is 0 Å². The van der Waals surface area contributed by atoms with Crippen molar-refractivity contribution < 1.29 is 0 Å². The smallest absolute Gasteiger partial charge is 0.0540 e. The number of benzene rings is 6. The van der Waals surface area contributed by atoms with E-state index in [0.29, 0.717) is 0 Å². The second kappa shape index (κ2) is 10.3. The number of hydrogen-bond acceptors (Lipinski definition) is 2. The molecule has 0 spiro atoms. The molecule has 0 amide bonds. The maximum Gasteiger partial charge on any atom is 0.0540 e. The van der Waals surface area contributed by atoms with Gasteiger partial charge in [-0.3, -0.25) is 0 Å². The van der Waals surface area contributed by atoms with Gasteiger partial charge in [0.15, 0.2) is 0 Å². The van der Waals surface area contributed by atoms with Crippen molar-refractivity contribution >= 4 is 39.2 Å². The third kappa shape index (κ3) is 4.65. The van der Waals surface area contributed by atoms with E-state index in [9.17, 15) is 0 Å². The van der Waals surface area contributed by atoms with Crippen molar-refractivity contribution in [1.29, 1.82) is 0 Å². The molecule has 0 bridgehead atoms. The zero-order chi connectivity index (χ0) is 25.9. The van der Waals surface area contributed by atoms with Gasteiger partial charge in [-0.05, 0) is 83.6 Å². The molecule has 0 heterocycles. The predicted molar refractivity (Wildman–Crippen MR) is 163 cm³/mol. The molecule has 0 aliphatic heterocycles. The number of aryl methyl sites for hydroxylation is 1. The van der Waals surface area contributed by atoms with Crippen LogP contribution in [0.1, 0.15) is 5.56 Å². The van der Waals surface area contributed by atoms with Crippen LogP contribution in [0.3, 0.4) is 0 Å². The Kier molecular flexibility index (Phi) is 6.37. The Labute approximate surface area is 225 Å². The van der Waals surface area contributed by atoms with Crippen molar-refractivity contribution in [3.63, 3.8) is 0 Å². The minimum absolute atomic E-state index is 1.12. The average Bonchev–Trinajstić information content (AvgIpc) is 2.98. The number of fused-ring (bicyclic) bond motifs is 1. The fraction of sp³-hybridized carbons (Fsp3) is 0.0556. The molecule has 6 aromatic carbocycles. The van der Waals surface area contributed by atoms with Crippen LogP contribution in [0.15, 0.2) is 146 Å². The summed E-state index contributed by atoms with van der Waals surface area (Å²) in [6.45, 7) is 2.13. The standard InChI is InChI=1S/C36H30N2/c1-27-10-8-15-34(26-27)37(2)31-22-24-33(25-23-31)38(36-17-9-14-30-13-6-7-16-35(30)36)32-20-18-29(19-21-32)28-11-4-3-5-12-28/h3-26H,1-2H3. The van der Waals surface area contributed by atoms with Crippen molar-refractivity contribution in [1.82, 2.24) is 0 Å². The summed E-state index contributed by atoms with van der Waals surface area (Å²) in [5.41, 5.74) is 9.43. The Hall–Kier alpha value is -4.82. The van der Waals surface area contributed by atoms with E-state index in [0.717, 1.165) is 22.7 Å². The van der Waals surface area contributed by atoms with Gasteiger partial charge >= 0.3 is 0 Å². The molecule has 0 aliphatic rings. The fourth-order valence-corrected chi connectivity index (χ4v) is 5.08. The van der Waals surface area contributed by atoms with Crippen molar-refractivity contribution in [3.8, 4) is 11.1 Å². The zero-order valence-electron chi connectivity index (χ0n) is 21.8. The molecule has 0 radical (unpaired) electrons. The molecule has 2 nitrogen and oxygen atoms in total. The minimum atomic E-state index is 1.12. The number of hydrogen-bond donors (Lipinski definition) is 0. The topological polar surface area (TPSA) is 6.48 Å². The van der Waals surface area contributed by atoms with Crippen LogP contribution in [0.25, 0.3) is 21.9 Å². The molecule has 184 valence electrons. The third-order valence-corrected chi connectivity index (χ3v) is 7.12. The molecule has 0 aromatic heterocycles. The van der Waals surface area contributed by atoms with E-state index in [-0.39, 0.29) is 0 Å². The van der Waals surface area contributed by atoms with E-state index < -0.39 is 0 Å². The normalized spacial score (nSPS) is 10.9. The van der Waals surface area contributed by atoms with Crippen LogP contribution in [-0.2, 0) is 0 Å². The second-order valence-electron chi connectivity index (χ2n) is 9.66. The lowest BCUT2D eigenvalue weighted by Gasteiger charge is -2.28. The van der Waals surface area contributed by atoms with Gasteiger partial charge in [0.05, 0.1) is 5.69 Å². The Morgan fingerprint density at radius 2 is 1.03 bits per heavy atom. The molecule has 0 unspecified atom stereocenters. The molecule has 0 N–H and O–H groups in total. The molecule has 0 aliphatic carbocycles. The summed E-state index contributed by atoms with van der Waals surface area (Å²) in [6, 6.07) is 52.0. The highest BCUT2D eigenvalue weighted by molar-refractivity contribution is 5.99. The second-order valence-corrected chi connectivity index (χ2v) is 9.66. The van der Waals surface area contributed by atoms with Crippen molar-refractivity contribution in [3.05, 3.63) is 151 Å². The Bertz CT molecular complexity index is 1660. The fourth-order valence-electron chi connectivity index (χ4n) is 5.08. The Morgan fingerprint density at radius 3 is 1.76 bits per heavy atom. The molecule has 0 saturated carbocycles. The van der Waals surface area contributed by atoms with E-state index >= 15 is 0 Å². The van der Waals surface area contributed by atoms with Gasteiger partial charge in [-0.15, -0.1) is 0 Å². The van der Waals surface area contributed by atoms with Gasteiger partial charge in [0, 0.05) is 35.2 Å². The van der Waals surface area contributed by atoms with Crippen molar-refractivity contribution in [2.75, 3.05) is 16.8 Å². The van der Waals surface area contributed by atoms with Gasteiger partial charge in [-0.1, -0.05) is 91.0 Å². The van der Waals surface area contributed by atoms with E-state index in [4.69, 9.17) is 0 Å². The van der Waals surface area contributed by atoms with Crippen LogP contribution in [0.5, 0.6) is 0 Å². The summed E-state index contributed by atoms with van der Waals surface area (Å²) >= 11 is 0. The van der Waals surface area contributed by atoms with Gasteiger partial charge in [-0.25, -0.2) is 0 Å². The van der Waals surface area contributed by atoms with Gasteiger partial charge in [-0.2, -0.15) is 0 Å². The van der Waals surface area contributed by atoms with Crippen LogP contribution in [0, 0.1) is 6.92 Å². The van der Waals surface area contributed by atoms with Crippen molar-refractivity contribution in [2.24, 2.45) is 0 Å². The lowest BCUT2D eigenvalue weighted by Crippen LogP contribution is -2.12. The summed E-state index contributed by atoms with van der Waals surface area (Å²) in [5.74, 6) is 0. The number of rotatable bonds is 6. The highest BCUT2D eigenvalue weighted by Gasteiger charge is 2.16. The lowest BCUT2D eigenvalue weighted by molar-refractivity contribution is 1.20. The van der Waals surface area contributed by atoms with Crippen LogP contribution >= 0.6 is 0 Å². The quantitative estimate of drug-likeness (QED) is 0.229.